The van der Waals surface area contributed by atoms with Crippen molar-refractivity contribution in [3.63, 3.8) is 0 Å². The smallest absolute Gasteiger partial charge is 0.328 e. The maximum Gasteiger partial charge on any atom is 0.328 e. The molecule has 0 radical (unpaired) electrons. The second-order valence-electron chi connectivity index (χ2n) is 9.81. The first-order chi connectivity index (χ1) is 15.5. The van der Waals surface area contributed by atoms with E-state index in [1.807, 2.05) is 41.5 Å². The molecule has 0 unspecified atom stereocenters. The number of Topliss-reactive ketones (excluding diaryl/α,β-unsaturated/α-hetero) is 1. The minimum atomic E-state index is -0.592. The highest BCUT2D eigenvalue weighted by molar-refractivity contribution is 6.09. The quantitative estimate of drug-likeness (QED) is 0.522. The van der Waals surface area contributed by atoms with Crippen LogP contribution in [-0.4, -0.2) is 60.5 Å². The van der Waals surface area contributed by atoms with Crippen LogP contribution in [0.3, 0.4) is 0 Å². The molecular weight excluding hydrogens is 440 g/mol. The summed E-state index contributed by atoms with van der Waals surface area (Å²) >= 11 is 0. The number of amides is 3. The molecule has 10 heteroatoms. The molecule has 0 aliphatic carbocycles. The Morgan fingerprint density at radius 3 is 1.56 bits per heavy atom. The third-order valence-corrected chi connectivity index (χ3v) is 5.67. The molecule has 3 heterocycles. The lowest BCUT2D eigenvalue weighted by Gasteiger charge is -2.33. The van der Waals surface area contributed by atoms with Gasteiger partial charge in [-0.1, -0.05) is 0 Å². The standard InChI is InChI=1S/C9H15NO2.C8H12N2O2.C7H11NO2/c1-6(2)10-8(12)5-7(11)9(10,3)4;1-5(2)10-6(3)4-7(11)9-8(10)12;1-5(2)8-6(9)3-4-7(8)10/h6H,5H2,1-4H3;4-5H,1-3H3,(H,9,11,12);5H,3-4H2,1-2H3. The zero-order valence-corrected chi connectivity index (χ0v) is 21.7. The summed E-state index contributed by atoms with van der Waals surface area (Å²) < 4.78 is 1.54. The zero-order chi connectivity index (χ0) is 26.5. The second-order valence-corrected chi connectivity index (χ2v) is 9.81. The number of likely N-dealkylation sites (tertiary alicyclic amines) is 2. The highest BCUT2D eigenvalue weighted by Crippen LogP contribution is 2.28. The molecule has 10 nitrogen and oxygen atoms in total. The molecule has 1 aromatic rings. The van der Waals surface area contributed by atoms with Crippen molar-refractivity contribution in [2.24, 2.45) is 0 Å². The number of aromatic nitrogens is 2. The first-order valence-electron chi connectivity index (χ1n) is 11.5. The highest BCUT2D eigenvalue weighted by Gasteiger charge is 2.46. The maximum atomic E-state index is 11.4. The molecule has 3 rings (SSSR count). The molecular formula is C24H38N4O6. The van der Waals surface area contributed by atoms with Crippen LogP contribution in [0.15, 0.2) is 15.7 Å². The molecule has 1 aromatic heterocycles. The van der Waals surface area contributed by atoms with Gasteiger partial charge in [0, 0.05) is 42.7 Å². The van der Waals surface area contributed by atoms with Crippen molar-refractivity contribution in [1.82, 2.24) is 19.4 Å². The van der Waals surface area contributed by atoms with Crippen LogP contribution in [0.4, 0.5) is 0 Å². The van der Waals surface area contributed by atoms with E-state index >= 15 is 0 Å². The minimum absolute atomic E-state index is 0.0278. The third-order valence-electron chi connectivity index (χ3n) is 5.67. The first-order valence-corrected chi connectivity index (χ1v) is 11.5. The number of nitrogens with zero attached hydrogens (tertiary/aromatic N) is 3. The molecule has 0 atom stereocenters. The van der Waals surface area contributed by atoms with Gasteiger partial charge < -0.3 is 4.90 Å². The van der Waals surface area contributed by atoms with Crippen molar-refractivity contribution >= 4 is 23.5 Å². The van der Waals surface area contributed by atoms with Crippen LogP contribution in [0.2, 0.25) is 0 Å². The number of ketones is 1. The van der Waals surface area contributed by atoms with Crippen molar-refractivity contribution in [3.05, 3.63) is 32.6 Å². The van der Waals surface area contributed by atoms with Crippen LogP contribution in [0.5, 0.6) is 0 Å². The van der Waals surface area contributed by atoms with E-state index in [1.54, 1.807) is 30.2 Å². The molecule has 2 aliphatic rings. The summed E-state index contributed by atoms with van der Waals surface area (Å²) in [4.78, 5) is 71.8. The Labute approximate surface area is 200 Å². The van der Waals surface area contributed by atoms with Gasteiger partial charge >= 0.3 is 5.69 Å². The number of imide groups is 1. The van der Waals surface area contributed by atoms with Crippen molar-refractivity contribution in [2.45, 2.75) is 105 Å². The van der Waals surface area contributed by atoms with E-state index in [0.717, 1.165) is 0 Å². The average molecular weight is 479 g/mol. The van der Waals surface area contributed by atoms with E-state index in [0.29, 0.717) is 18.5 Å². The van der Waals surface area contributed by atoms with Crippen LogP contribution in [-0.2, 0) is 19.2 Å². The predicted molar refractivity (Wildman–Crippen MR) is 128 cm³/mol. The normalized spacial score (nSPS) is 17.4. The predicted octanol–water partition coefficient (Wildman–Crippen LogP) is 1.94. The molecule has 3 amide bonds. The summed E-state index contributed by atoms with van der Waals surface area (Å²) in [6.45, 7) is 16.7. The second kappa shape index (κ2) is 11.4. The van der Waals surface area contributed by atoms with Gasteiger partial charge in [-0.05, 0) is 62.3 Å². The Balaban J connectivity index is 0.000000256. The fraction of sp³-hybridized carbons (Fsp3) is 0.667. The first kappa shape index (κ1) is 29.0. The van der Waals surface area contributed by atoms with Crippen LogP contribution in [0.1, 0.15) is 86.4 Å². The van der Waals surface area contributed by atoms with E-state index in [-0.39, 0.29) is 59.3 Å². The van der Waals surface area contributed by atoms with E-state index in [2.05, 4.69) is 4.98 Å². The van der Waals surface area contributed by atoms with Crippen LogP contribution < -0.4 is 11.2 Å². The van der Waals surface area contributed by atoms with Crippen molar-refractivity contribution in [3.8, 4) is 0 Å². The number of carbonyl (C=O) groups is 4. The molecule has 0 saturated carbocycles. The van der Waals surface area contributed by atoms with Gasteiger partial charge in [-0.15, -0.1) is 0 Å². The van der Waals surface area contributed by atoms with E-state index < -0.39 is 5.54 Å². The van der Waals surface area contributed by atoms with Gasteiger partial charge in [0.1, 0.15) is 0 Å². The number of hydrogen-bond acceptors (Lipinski definition) is 6. The third kappa shape index (κ3) is 6.74. The molecule has 1 N–H and O–H groups in total. The molecule has 0 bridgehead atoms. The molecule has 190 valence electrons. The Morgan fingerprint density at radius 1 is 0.794 bits per heavy atom. The molecule has 2 saturated heterocycles. The van der Waals surface area contributed by atoms with Crippen LogP contribution in [0, 0.1) is 6.92 Å². The van der Waals surface area contributed by atoms with Crippen molar-refractivity contribution in [2.75, 3.05) is 0 Å². The van der Waals surface area contributed by atoms with Gasteiger partial charge in [0.15, 0.2) is 5.78 Å². The number of aryl methyl sites for hydroxylation is 1. The molecule has 34 heavy (non-hydrogen) atoms. The van der Waals surface area contributed by atoms with Crippen LogP contribution >= 0.6 is 0 Å². The number of carbonyl (C=O) groups excluding carboxylic acids is 4. The molecule has 2 fully saturated rings. The Morgan fingerprint density at radius 2 is 1.29 bits per heavy atom. The summed E-state index contributed by atoms with van der Waals surface area (Å²) in [6.07, 6.45) is 0.874. The van der Waals surface area contributed by atoms with Crippen LogP contribution in [0.25, 0.3) is 0 Å². The average Bonchev–Trinajstić information content (AvgIpc) is 3.09. The fourth-order valence-electron chi connectivity index (χ4n) is 4.25. The van der Waals surface area contributed by atoms with Gasteiger partial charge in [0.05, 0.1) is 12.0 Å². The Hall–Kier alpha value is -3.04. The van der Waals surface area contributed by atoms with Gasteiger partial charge in [0.25, 0.3) is 5.56 Å². The lowest BCUT2D eigenvalue weighted by Crippen LogP contribution is -2.48. The fourth-order valence-corrected chi connectivity index (χ4v) is 4.25. The van der Waals surface area contributed by atoms with E-state index in [1.165, 1.54) is 11.0 Å². The number of nitrogens with one attached hydrogen (secondary N) is 1. The van der Waals surface area contributed by atoms with Gasteiger partial charge in [0.2, 0.25) is 17.7 Å². The monoisotopic (exact) mass is 478 g/mol. The number of hydrogen-bond donors (Lipinski definition) is 1. The lowest BCUT2D eigenvalue weighted by atomic mass is 10.00. The summed E-state index contributed by atoms with van der Waals surface area (Å²) in [5.74, 6) is -0.0683. The summed E-state index contributed by atoms with van der Waals surface area (Å²) in [5, 5.41) is 0. The van der Waals surface area contributed by atoms with Gasteiger partial charge in [-0.25, -0.2) is 4.79 Å². The summed E-state index contributed by atoms with van der Waals surface area (Å²) in [6, 6.07) is 1.64. The lowest BCUT2D eigenvalue weighted by molar-refractivity contribution is -0.140. The number of rotatable bonds is 3. The Kier molecular flexibility index (Phi) is 9.72. The molecule has 2 aliphatic heterocycles. The Bertz CT molecular complexity index is 1030. The minimum Gasteiger partial charge on any atom is -0.328 e. The van der Waals surface area contributed by atoms with Crippen molar-refractivity contribution < 1.29 is 19.2 Å². The summed E-state index contributed by atoms with van der Waals surface area (Å²) in [7, 11) is 0. The number of H-pyrrole nitrogens is 1. The molecule has 0 spiro atoms. The zero-order valence-electron chi connectivity index (χ0n) is 21.7. The topological polar surface area (TPSA) is 130 Å². The molecule has 0 aromatic carbocycles. The largest absolute Gasteiger partial charge is 0.328 e. The van der Waals surface area contributed by atoms with E-state index in [9.17, 15) is 28.8 Å². The SMILES string of the molecule is CC(C)N1C(=O)CC(=O)C1(C)C.CC(C)N1C(=O)CCC1=O.Cc1cc(=O)[nH]c(=O)n1C(C)C. The maximum absolute atomic E-state index is 11.4. The summed E-state index contributed by atoms with van der Waals surface area (Å²) in [5.41, 5.74) is -0.575. The van der Waals surface area contributed by atoms with Crippen molar-refractivity contribution in [1.29, 1.82) is 0 Å². The number of aromatic amines is 1. The van der Waals surface area contributed by atoms with Gasteiger partial charge in [-0.2, -0.15) is 0 Å². The van der Waals surface area contributed by atoms with E-state index in [4.69, 9.17) is 0 Å². The van der Waals surface area contributed by atoms with Gasteiger partial charge in [-0.3, -0.25) is 38.4 Å². The highest BCUT2D eigenvalue weighted by atomic mass is 16.2.